The van der Waals surface area contributed by atoms with Gasteiger partial charge in [-0.15, -0.1) is 0 Å². The molecule has 0 bridgehead atoms. The van der Waals surface area contributed by atoms with Gasteiger partial charge < -0.3 is 14.5 Å². The topological polar surface area (TPSA) is 28.6 Å². The largest absolute Gasteiger partial charge is 0.495 e. The third-order valence-corrected chi connectivity index (χ3v) is 4.69. The number of ether oxygens (including phenoxy) is 1. The number of nitrogens with zero attached hydrogens (tertiary/aromatic N) is 3. The van der Waals surface area contributed by atoms with E-state index in [1.807, 2.05) is 18.5 Å². The van der Waals surface area contributed by atoms with Crippen LogP contribution in [0.15, 0.2) is 60.9 Å². The van der Waals surface area contributed by atoms with E-state index in [4.69, 9.17) is 4.74 Å². The molecule has 1 aliphatic rings. The predicted molar refractivity (Wildman–Crippen MR) is 99.2 cm³/mol. The molecule has 0 unspecified atom stereocenters. The number of benzene rings is 2. The van der Waals surface area contributed by atoms with Crippen LogP contribution in [0.3, 0.4) is 0 Å². The van der Waals surface area contributed by atoms with Crippen LogP contribution in [0.25, 0.3) is 10.8 Å². The summed E-state index contributed by atoms with van der Waals surface area (Å²) < 4.78 is 5.64. The fourth-order valence-electron chi connectivity index (χ4n) is 3.45. The lowest BCUT2D eigenvalue weighted by Crippen LogP contribution is -2.46. The Balaban J connectivity index is 1.63. The van der Waals surface area contributed by atoms with Gasteiger partial charge in [-0.25, -0.2) is 0 Å². The minimum absolute atomic E-state index is 0.932. The minimum Gasteiger partial charge on any atom is -0.495 e. The van der Waals surface area contributed by atoms with Crippen LogP contribution in [0, 0.1) is 0 Å². The van der Waals surface area contributed by atoms with Crippen molar-refractivity contribution in [3.05, 3.63) is 60.9 Å². The molecule has 0 atom stereocenters. The molecule has 4 nitrogen and oxygen atoms in total. The third-order valence-electron chi connectivity index (χ3n) is 4.69. The number of aromatic nitrogens is 1. The third kappa shape index (κ3) is 2.64. The van der Waals surface area contributed by atoms with Crippen molar-refractivity contribution in [2.45, 2.75) is 0 Å². The number of anilines is 2. The highest BCUT2D eigenvalue weighted by Gasteiger charge is 2.21. The molecule has 0 spiro atoms. The zero-order chi connectivity index (χ0) is 16.4. The van der Waals surface area contributed by atoms with Crippen LogP contribution < -0.4 is 14.5 Å². The van der Waals surface area contributed by atoms with Gasteiger partial charge in [-0.1, -0.05) is 18.2 Å². The number of hydrogen-bond donors (Lipinski definition) is 0. The van der Waals surface area contributed by atoms with Crippen molar-refractivity contribution in [3.8, 4) is 5.75 Å². The average Bonchev–Trinajstić information content (AvgIpc) is 2.68. The van der Waals surface area contributed by atoms with E-state index in [1.54, 1.807) is 7.11 Å². The summed E-state index contributed by atoms with van der Waals surface area (Å²) in [5.74, 6) is 0.932. The molecule has 0 saturated carbocycles. The van der Waals surface area contributed by atoms with Gasteiger partial charge in [0.15, 0.2) is 0 Å². The molecule has 1 aliphatic heterocycles. The Kier molecular flexibility index (Phi) is 3.95. The molecule has 0 aliphatic carbocycles. The van der Waals surface area contributed by atoms with Gasteiger partial charge in [0.05, 0.1) is 12.8 Å². The van der Waals surface area contributed by atoms with Crippen LogP contribution in [-0.4, -0.2) is 38.3 Å². The second kappa shape index (κ2) is 6.40. The van der Waals surface area contributed by atoms with E-state index in [2.05, 4.69) is 57.2 Å². The first kappa shape index (κ1) is 14.8. The van der Waals surface area contributed by atoms with Gasteiger partial charge in [-0.3, -0.25) is 4.98 Å². The summed E-state index contributed by atoms with van der Waals surface area (Å²) in [6.07, 6.45) is 3.77. The van der Waals surface area contributed by atoms with Crippen molar-refractivity contribution in [1.29, 1.82) is 0 Å². The van der Waals surface area contributed by atoms with Crippen LogP contribution in [0.5, 0.6) is 5.75 Å². The number of para-hydroxylation sites is 1. The summed E-state index contributed by atoms with van der Waals surface area (Å²) in [5.41, 5.74) is 2.48. The van der Waals surface area contributed by atoms with Crippen molar-refractivity contribution < 1.29 is 4.74 Å². The number of pyridine rings is 1. The molecule has 2 aromatic carbocycles. The van der Waals surface area contributed by atoms with E-state index < -0.39 is 0 Å². The van der Waals surface area contributed by atoms with E-state index in [0.29, 0.717) is 0 Å². The van der Waals surface area contributed by atoms with Gasteiger partial charge in [0.1, 0.15) is 5.75 Å². The van der Waals surface area contributed by atoms with Crippen LogP contribution in [-0.2, 0) is 0 Å². The first-order valence-corrected chi connectivity index (χ1v) is 8.32. The van der Waals surface area contributed by atoms with Crippen LogP contribution in [0.2, 0.25) is 0 Å². The van der Waals surface area contributed by atoms with Crippen molar-refractivity contribution in [2.24, 2.45) is 0 Å². The maximum absolute atomic E-state index is 5.64. The maximum Gasteiger partial charge on any atom is 0.142 e. The van der Waals surface area contributed by atoms with E-state index in [0.717, 1.165) is 37.3 Å². The van der Waals surface area contributed by atoms with Crippen molar-refractivity contribution in [3.63, 3.8) is 0 Å². The number of hydrogen-bond acceptors (Lipinski definition) is 4. The summed E-state index contributed by atoms with van der Waals surface area (Å²) in [4.78, 5) is 9.11. The number of piperazine rings is 1. The van der Waals surface area contributed by atoms with Crippen molar-refractivity contribution in [1.82, 2.24) is 4.98 Å². The number of rotatable bonds is 3. The molecule has 0 radical (unpaired) electrons. The normalized spacial score (nSPS) is 14.9. The quantitative estimate of drug-likeness (QED) is 0.738. The highest BCUT2D eigenvalue weighted by Crippen LogP contribution is 2.36. The summed E-state index contributed by atoms with van der Waals surface area (Å²) in [5, 5.41) is 2.36. The Morgan fingerprint density at radius 1 is 0.875 bits per heavy atom. The fourth-order valence-corrected chi connectivity index (χ4v) is 3.45. The van der Waals surface area contributed by atoms with Crippen LogP contribution in [0.1, 0.15) is 0 Å². The summed E-state index contributed by atoms with van der Waals surface area (Å²) in [6.45, 7) is 3.97. The van der Waals surface area contributed by atoms with Gasteiger partial charge >= 0.3 is 0 Å². The average molecular weight is 319 g/mol. The molecule has 3 aromatic rings. The zero-order valence-electron chi connectivity index (χ0n) is 13.9. The SMILES string of the molecule is COc1ccc2cnccc2c1N1CCN(c2ccccc2)CC1. The number of methoxy groups -OCH3 is 1. The molecule has 0 amide bonds. The van der Waals surface area contributed by atoms with Gasteiger partial charge in [-0.2, -0.15) is 0 Å². The lowest BCUT2D eigenvalue weighted by Gasteiger charge is -2.38. The minimum atomic E-state index is 0.932. The summed E-state index contributed by atoms with van der Waals surface area (Å²) >= 11 is 0. The highest BCUT2D eigenvalue weighted by atomic mass is 16.5. The maximum atomic E-state index is 5.64. The monoisotopic (exact) mass is 319 g/mol. The molecule has 1 aromatic heterocycles. The van der Waals surface area contributed by atoms with Crippen LogP contribution in [0.4, 0.5) is 11.4 Å². The van der Waals surface area contributed by atoms with E-state index >= 15 is 0 Å². The Morgan fingerprint density at radius 3 is 2.38 bits per heavy atom. The lowest BCUT2D eigenvalue weighted by molar-refractivity contribution is 0.414. The molecular formula is C20H21N3O. The standard InChI is InChI=1S/C20H21N3O/c1-24-19-8-7-16-15-21-10-9-18(16)20(19)23-13-11-22(12-14-23)17-5-3-2-4-6-17/h2-10,15H,11-14H2,1H3. The Labute approximate surface area is 142 Å². The Bertz CT molecular complexity index is 827. The highest BCUT2D eigenvalue weighted by molar-refractivity contribution is 5.97. The second-order valence-corrected chi connectivity index (χ2v) is 6.02. The molecule has 4 heteroatoms. The first-order valence-electron chi connectivity index (χ1n) is 8.32. The Hall–Kier alpha value is -2.75. The van der Waals surface area contributed by atoms with E-state index in [9.17, 15) is 0 Å². The van der Waals surface area contributed by atoms with E-state index in [1.165, 1.54) is 16.8 Å². The molecule has 4 rings (SSSR count). The molecule has 2 heterocycles. The van der Waals surface area contributed by atoms with E-state index in [-0.39, 0.29) is 0 Å². The van der Waals surface area contributed by atoms with Gasteiger partial charge in [0, 0.05) is 55.0 Å². The molecule has 1 fully saturated rings. The van der Waals surface area contributed by atoms with Crippen LogP contribution >= 0.6 is 0 Å². The molecule has 122 valence electrons. The molecule has 24 heavy (non-hydrogen) atoms. The first-order chi connectivity index (χ1) is 11.9. The summed E-state index contributed by atoms with van der Waals surface area (Å²) in [6, 6.07) is 16.8. The smallest absolute Gasteiger partial charge is 0.142 e. The van der Waals surface area contributed by atoms with Crippen molar-refractivity contribution >= 4 is 22.1 Å². The molecule has 0 N–H and O–H groups in total. The summed E-state index contributed by atoms with van der Waals surface area (Å²) in [7, 11) is 1.74. The van der Waals surface area contributed by atoms with Crippen molar-refractivity contribution in [2.75, 3.05) is 43.1 Å². The predicted octanol–water partition coefficient (Wildman–Crippen LogP) is 3.57. The number of fused-ring (bicyclic) bond motifs is 1. The van der Waals surface area contributed by atoms with Gasteiger partial charge in [0.25, 0.3) is 0 Å². The zero-order valence-corrected chi connectivity index (χ0v) is 13.9. The fraction of sp³-hybridized carbons (Fsp3) is 0.250. The molecular weight excluding hydrogens is 298 g/mol. The lowest BCUT2D eigenvalue weighted by atomic mass is 10.1. The second-order valence-electron chi connectivity index (χ2n) is 6.02. The van der Waals surface area contributed by atoms with Gasteiger partial charge in [-0.05, 0) is 30.3 Å². The molecule has 1 saturated heterocycles. The Morgan fingerprint density at radius 2 is 1.62 bits per heavy atom. The van der Waals surface area contributed by atoms with Gasteiger partial charge in [0.2, 0.25) is 0 Å².